The van der Waals surface area contributed by atoms with Crippen molar-refractivity contribution in [1.29, 1.82) is 0 Å². The summed E-state index contributed by atoms with van der Waals surface area (Å²) in [4.78, 5) is 41.3. The third-order valence-electron chi connectivity index (χ3n) is 4.35. The summed E-state index contributed by atoms with van der Waals surface area (Å²) in [6, 6.07) is 4.41. The quantitative estimate of drug-likeness (QED) is 0.679. The maximum Gasteiger partial charge on any atom is 0.343 e. The molecule has 9 nitrogen and oxygen atoms in total. The molecule has 0 saturated carbocycles. The summed E-state index contributed by atoms with van der Waals surface area (Å²) < 4.78 is 6.77. The maximum absolute atomic E-state index is 12.8. The van der Waals surface area contributed by atoms with Crippen LogP contribution in [0.15, 0.2) is 49.4 Å². The summed E-state index contributed by atoms with van der Waals surface area (Å²) in [5.74, 6) is -2.02. The average Bonchev–Trinajstić information content (AvgIpc) is 2.63. The van der Waals surface area contributed by atoms with Crippen molar-refractivity contribution in [2.45, 2.75) is 12.8 Å². The lowest BCUT2D eigenvalue weighted by Gasteiger charge is -2.20. The molecule has 0 aliphatic rings. The Morgan fingerprint density at radius 3 is 2.41 bits per heavy atom. The van der Waals surface area contributed by atoms with Gasteiger partial charge in [0.15, 0.2) is 0 Å². The molecule has 0 aliphatic heterocycles. The standard InChI is InChI=1S/C18H17N3O6/c1-9-7-11(22)13(17(25)27-9)12(10-5-4-6-19-8-10)14-15(23)20(2)18(26)21(3)16(14)24/h4-8,12,22-23H,1-3H3. The van der Waals surface area contributed by atoms with Crippen molar-refractivity contribution in [2.24, 2.45) is 14.1 Å². The van der Waals surface area contributed by atoms with Crippen molar-refractivity contribution in [3.63, 3.8) is 0 Å². The Morgan fingerprint density at radius 1 is 1.11 bits per heavy atom. The first-order valence-electron chi connectivity index (χ1n) is 7.96. The van der Waals surface area contributed by atoms with Crippen molar-refractivity contribution in [3.8, 4) is 11.6 Å². The molecule has 3 rings (SSSR count). The largest absolute Gasteiger partial charge is 0.507 e. The van der Waals surface area contributed by atoms with Crippen LogP contribution >= 0.6 is 0 Å². The fourth-order valence-electron chi connectivity index (χ4n) is 3.01. The Morgan fingerprint density at radius 2 is 1.81 bits per heavy atom. The molecule has 3 aromatic heterocycles. The van der Waals surface area contributed by atoms with Crippen molar-refractivity contribution in [3.05, 3.63) is 84.3 Å². The molecule has 3 aromatic rings. The van der Waals surface area contributed by atoms with Crippen LogP contribution in [0.25, 0.3) is 0 Å². The summed E-state index contributed by atoms with van der Waals surface area (Å²) in [6.07, 6.45) is 2.89. The summed E-state index contributed by atoms with van der Waals surface area (Å²) in [5.41, 5.74) is -2.53. The van der Waals surface area contributed by atoms with Crippen LogP contribution in [-0.2, 0) is 14.1 Å². The van der Waals surface area contributed by atoms with Gasteiger partial charge in [-0.15, -0.1) is 0 Å². The van der Waals surface area contributed by atoms with Gasteiger partial charge in [0, 0.05) is 32.6 Å². The van der Waals surface area contributed by atoms with E-state index in [0.717, 1.165) is 9.13 Å². The Bertz CT molecular complexity index is 1190. The second kappa shape index (κ2) is 6.60. The minimum Gasteiger partial charge on any atom is -0.507 e. The molecule has 0 radical (unpaired) electrons. The predicted molar refractivity (Wildman–Crippen MR) is 95.2 cm³/mol. The highest BCUT2D eigenvalue weighted by atomic mass is 16.4. The molecular weight excluding hydrogens is 354 g/mol. The zero-order valence-corrected chi connectivity index (χ0v) is 14.8. The Kier molecular flexibility index (Phi) is 4.44. The zero-order chi connectivity index (χ0) is 19.9. The van der Waals surface area contributed by atoms with Crippen molar-refractivity contribution >= 4 is 0 Å². The van der Waals surface area contributed by atoms with Crippen LogP contribution < -0.4 is 16.9 Å². The summed E-state index contributed by atoms with van der Waals surface area (Å²) in [7, 11) is 2.55. The van der Waals surface area contributed by atoms with Crippen LogP contribution in [0.4, 0.5) is 0 Å². The molecule has 0 aliphatic carbocycles. The lowest BCUT2D eigenvalue weighted by atomic mass is 9.87. The molecule has 0 aromatic carbocycles. The third kappa shape index (κ3) is 2.92. The molecule has 0 amide bonds. The van der Waals surface area contributed by atoms with E-state index >= 15 is 0 Å². The molecule has 140 valence electrons. The normalized spacial score (nSPS) is 12.1. The number of aryl methyl sites for hydroxylation is 1. The van der Waals surface area contributed by atoms with Gasteiger partial charge in [-0.2, -0.15) is 0 Å². The molecule has 2 N–H and O–H groups in total. The first-order chi connectivity index (χ1) is 12.7. The van der Waals surface area contributed by atoms with Gasteiger partial charge in [0.25, 0.3) is 5.56 Å². The van der Waals surface area contributed by atoms with Gasteiger partial charge in [-0.05, 0) is 18.6 Å². The molecule has 3 heterocycles. The van der Waals surface area contributed by atoms with Gasteiger partial charge in [0.05, 0.1) is 17.0 Å². The molecule has 0 spiro atoms. The van der Waals surface area contributed by atoms with E-state index in [2.05, 4.69) is 4.98 Å². The van der Waals surface area contributed by atoms with Gasteiger partial charge in [0.2, 0.25) is 5.88 Å². The summed E-state index contributed by atoms with van der Waals surface area (Å²) in [5, 5.41) is 20.9. The monoisotopic (exact) mass is 371 g/mol. The van der Waals surface area contributed by atoms with Crippen LogP contribution in [0.3, 0.4) is 0 Å². The van der Waals surface area contributed by atoms with Crippen LogP contribution in [0.2, 0.25) is 0 Å². The molecule has 0 fully saturated rings. The molecule has 1 atom stereocenters. The average molecular weight is 371 g/mol. The highest BCUT2D eigenvalue weighted by molar-refractivity contribution is 5.49. The van der Waals surface area contributed by atoms with Crippen molar-refractivity contribution < 1.29 is 14.6 Å². The molecule has 1 unspecified atom stereocenters. The number of hydrogen-bond acceptors (Lipinski definition) is 7. The minimum absolute atomic E-state index is 0.184. The number of hydrogen-bond donors (Lipinski definition) is 2. The second-order valence-electron chi connectivity index (χ2n) is 6.11. The van der Waals surface area contributed by atoms with Crippen molar-refractivity contribution in [2.75, 3.05) is 0 Å². The van der Waals surface area contributed by atoms with Gasteiger partial charge < -0.3 is 14.6 Å². The van der Waals surface area contributed by atoms with E-state index < -0.39 is 34.4 Å². The number of rotatable bonds is 3. The van der Waals surface area contributed by atoms with Crippen molar-refractivity contribution in [1.82, 2.24) is 14.1 Å². The fraction of sp³-hybridized carbons (Fsp3) is 0.222. The van der Waals surface area contributed by atoms with E-state index in [1.807, 2.05) is 0 Å². The van der Waals surface area contributed by atoms with Gasteiger partial charge in [-0.25, -0.2) is 9.59 Å². The molecule has 0 bridgehead atoms. The van der Waals surface area contributed by atoms with E-state index in [4.69, 9.17) is 4.42 Å². The van der Waals surface area contributed by atoms with E-state index in [1.54, 1.807) is 12.1 Å². The van der Waals surface area contributed by atoms with Gasteiger partial charge >= 0.3 is 11.3 Å². The van der Waals surface area contributed by atoms with E-state index in [1.165, 1.54) is 39.5 Å². The lowest BCUT2D eigenvalue weighted by Crippen LogP contribution is -2.40. The highest BCUT2D eigenvalue weighted by Crippen LogP contribution is 2.36. The Hall–Kier alpha value is -3.62. The van der Waals surface area contributed by atoms with Gasteiger partial charge in [-0.1, -0.05) is 6.07 Å². The number of aromatic nitrogens is 3. The highest BCUT2D eigenvalue weighted by Gasteiger charge is 2.32. The lowest BCUT2D eigenvalue weighted by molar-refractivity contribution is 0.396. The Balaban J connectivity index is 2.48. The van der Waals surface area contributed by atoms with Gasteiger partial charge in [0.1, 0.15) is 11.5 Å². The molecule has 9 heteroatoms. The topological polar surface area (TPSA) is 128 Å². The minimum atomic E-state index is -1.19. The van der Waals surface area contributed by atoms with E-state index in [0.29, 0.717) is 5.56 Å². The van der Waals surface area contributed by atoms with Gasteiger partial charge in [-0.3, -0.25) is 18.9 Å². The third-order valence-corrected chi connectivity index (χ3v) is 4.35. The van der Waals surface area contributed by atoms with Crippen LogP contribution in [0.5, 0.6) is 11.6 Å². The molecule has 0 saturated heterocycles. The maximum atomic E-state index is 12.8. The SMILES string of the molecule is Cc1cc(O)c(C(c2cccnc2)c2c(O)n(C)c(=O)n(C)c2=O)c(=O)o1. The Labute approximate surface area is 152 Å². The first-order valence-corrected chi connectivity index (χ1v) is 7.96. The molecule has 27 heavy (non-hydrogen) atoms. The second-order valence-corrected chi connectivity index (χ2v) is 6.11. The van der Waals surface area contributed by atoms with E-state index in [9.17, 15) is 24.6 Å². The predicted octanol–water partition coefficient (Wildman–Crippen LogP) is 0.332. The summed E-state index contributed by atoms with van der Waals surface area (Å²) >= 11 is 0. The van der Waals surface area contributed by atoms with Crippen LogP contribution in [0, 0.1) is 6.92 Å². The van der Waals surface area contributed by atoms with E-state index in [-0.39, 0.29) is 16.9 Å². The smallest absolute Gasteiger partial charge is 0.343 e. The zero-order valence-electron chi connectivity index (χ0n) is 14.8. The number of nitrogens with zero attached hydrogens (tertiary/aromatic N) is 3. The van der Waals surface area contributed by atoms with Crippen LogP contribution in [-0.4, -0.2) is 24.3 Å². The van der Waals surface area contributed by atoms with Crippen LogP contribution in [0.1, 0.15) is 28.4 Å². The number of pyridine rings is 1. The fourth-order valence-corrected chi connectivity index (χ4v) is 3.01. The molecular formula is C18H17N3O6. The number of aromatic hydroxyl groups is 2. The summed E-state index contributed by atoms with van der Waals surface area (Å²) in [6.45, 7) is 1.49. The first kappa shape index (κ1) is 18.2.